The Morgan fingerprint density at radius 3 is 2.78 bits per heavy atom. The standard InChI is InChI=1S/C14H27N3O/c15-10-13-11-16-8-9-17(13)14(18)7-6-12-4-2-1-3-5-12/h12-13,16H,1-11,15H2. The van der Waals surface area contributed by atoms with E-state index in [2.05, 4.69) is 5.32 Å². The number of carbonyl (C=O) groups excluding carboxylic acids is 1. The van der Waals surface area contributed by atoms with E-state index in [0.717, 1.165) is 38.4 Å². The summed E-state index contributed by atoms with van der Waals surface area (Å²) in [5.41, 5.74) is 5.74. The summed E-state index contributed by atoms with van der Waals surface area (Å²) in [7, 11) is 0. The highest BCUT2D eigenvalue weighted by atomic mass is 16.2. The van der Waals surface area contributed by atoms with E-state index in [-0.39, 0.29) is 6.04 Å². The van der Waals surface area contributed by atoms with E-state index in [9.17, 15) is 4.79 Å². The van der Waals surface area contributed by atoms with Gasteiger partial charge in [0, 0.05) is 32.6 Å². The zero-order chi connectivity index (χ0) is 12.8. The van der Waals surface area contributed by atoms with E-state index in [1.165, 1.54) is 32.1 Å². The third-order valence-corrected chi connectivity index (χ3v) is 4.43. The SMILES string of the molecule is NCC1CNCCN1C(=O)CCC1CCCCC1. The molecule has 3 N–H and O–H groups in total. The van der Waals surface area contributed by atoms with Crippen LogP contribution in [-0.2, 0) is 4.79 Å². The van der Waals surface area contributed by atoms with Gasteiger partial charge in [-0.15, -0.1) is 0 Å². The Kier molecular flexibility index (Phi) is 5.45. The zero-order valence-electron chi connectivity index (χ0n) is 11.4. The smallest absolute Gasteiger partial charge is 0.222 e. The molecule has 18 heavy (non-hydrogen) atoms. The summed E-state index contributed by atoms with van der Waals surface area (Å²) in [4.78, 5) is 14.3. The van der Waals surface area contributed by atoms with Crippen molar-refractivity contribution in [2.24, 2.45) is 11.7 Å². The van der Waals surface area contributed by atoms with Gasteiger partial charge < -0.3 is 16.0 Å². The molecule has 1 heterocycles. The topological polar surface area (TPSA) is 58.4 Å². The number of nitrogens with zero attached hydrogens (tertiary/aromatic N) is 1. The van der Waals surface area contributed by atoms with Crippen LogP contribution >= 0.6 is 0 Å². The highest BCUT2D eigenvalue weighted by molar-refractivity contribution is 5.76. The molecule has 0 aromatic carbocycles. The second-order valence-electron chi connectivity index (χ2n) is 5.72. The van der Waals surface area contributed by atoms with Crippen LogP contribution in [0, 0.1) is 5.92 Å². The van der Waals surface area contributed by atoms with Gasteiger partial charge >= 0.3 is 0 Å². The van der Waals surface area contributed by atoms with Crippen molar-refractivity contribution in [1.82, 2.24) is 10.2 Å². The Bertz CT molecular complexity index is 264. The summed E-state index contributed by atoms with van der Waals surface area (Å²) in [5.74, 6) is 1.11. The predicted molar refractivity (Wildman–Crippen MR) is 73.2 cm³/mol. The fraction of sp³-hybridized carbons (Fsp3) is 0.929. The summed E-state index contributed by atoms with van der Waals surface area (Å²) in [6.07, 6.45) is 8.57. The molecule has 1 amide bonds. The highest BCUT2D eigenvalue weighted by Gasteiger charge is 2.25. The van der Waals surface area contributed by atoms with Crippen LogP contribution in [0.5, 0.6) is 0 Å². The minimum atomic E-state index is 0.206. The zero-order valence-corrected chi connectivity index (χ0v) is 11.4. The molecular formula is C14H27N3O. The van der Waals surface area contributed by atoms with E-state index in [4.69, 9.17) is 5.73 Å². The second-order valence-corrected chi connectivity index (χ2v) is 5.72. The first-order chi connectivity index (χ1) is 8.81. The van der Waals surface area contributed by atoms with Crippen LogP contribution in [-0.4, -0.2) is 43.0 Å². The van der Waals surface area contributed by atoms with Crippen molar-refractivity contribution in [2.75, 3.05) is 26.2 Å². The lowest BCUT2D eigenvalue weighted by Gasteiger charge is -2.36. The molecule has 1 unspecified atom stereocenters. The number of nitrogens with two attached hydrogens (primary N) is 1. The molecule has 0 aromatic rings. The highest BCUT2D eigenvalue weighted by Crippen LogP contribution is 2.27. The fourth-order valence-corrected chi connectivity index (χ4v) is 3.25. The van der Waals surface area contributed by atoms with Gasteiger partial charge in [-0.25, -0.2) is 0 Å². The predicted octanol–water partition coefficient (Wildman–Crippen LogP) is 1.11. The fourth-order valence-electron chi connectivity index (χ4n) is 3.25. The van der Waals surface area contributed by atoms with Crippen LogP contribution in [0.15, 0.2) is 0 Å². The van der Waals surface area contributed by atoms with Crippen molar-refractivity contribution in [3.63, 3.8) is 0 Å². The van der Waals surface area contributed by atoms with Crippen LogP contribution in [0.4, 0.5) is 0 Å². The molecule has 0 radical (unpaired) electrons. The molecule has 1 saturated carbocycles. The molecular weight excluding hydrogens is 226 g/mol. The van der Waals surface area contributed by atoms with Gasteiger partial charge in [0.1, 0.15) is 0 Å². The van der Waals surface area contributed by atoms with Gasteiger partial charge in [0.15, 0.2) is 0 Å². The van der Waals surface area contributed by atoms with E-state index in [1.54, 1.807) is 0 Å². The van der Waals surface area contributed by atoms with E-state index >= 15 is 0 Å². The molecule has 104 valence electrons. The summed E-state index contributed by atoms with van der Waals surface area (Å²) < 4.78 is 0. The molecule has 2 fully saturated rings. The Morgan fingerprint density at radius 2 is 2.06 bits per heavy atom. The molecule has 1 saturated heterocycles. The Hall–Kier alpha value is -0.610. The number of hydrogen-bond acceptors (Lipinski definition) is 3. The van der Waals surface area contributed by atoms with Crippen LogP contribution in [0.3, 0.4) is 0 Å². The van der Waals surface area contributed by atoms with Crippen molar-refractivity contribution >= 4 is 5.91 Å². The number of hydrogen-bond donors (Lipinski definition) is 2. The molecule has 4 heteroatoms. The third-order valence-electron chi connectivity index (χ3n) is 4.43. The first-order valence-corrected chi connectivity index (χ1v) is 7.51. The van der Waals surface area contributed by atoms with Gasteiger partial charge in [-0.1, -0.05) is 32.1 Å². The van der Waals surface area contributed by atoms with Gasteiger partial charge in [0.05, 0.1) is 6.04 Å². The third kappa shape index (κ3) is 3.69. The van der Waals surface area contributed by atoms with Gasteiger partial charge in [-0.3, -0.25) is 4.79 Å². The summed E-state index contributed by atoms with van der Waals surface area (Å²) in [5, 5.41) is 3.30. The molecule has 0 aromatic heterocycles. The molecule has 1 aliphatic heterocycles. The molecule has 1 atom stereocenters. The van der Waals surface area contributed by atoms with Gasteiger partial charge in [0.25, 0.3) is 0 Å². The van der Waals surface area contributed by atoms with E-state index in [0.29, 0.717) is 12.5 Å². The van der Waals surface area contributed by atoms with Gasteiger partial charge in [-0.2, -0.15) is 0 Å². The molecule has 0 bridgehead atoms. The molecule has 2 rings (SSSR count). The van der Waals surface area contributed by atoms with Crippen molar-refractivity contribution in [2.45, 2.75) is 51.0 Å². The maximum atomic E-state index is 12.3. The lowest BCUT2D eigenvalue weighted by molar-refractivity contribution is -0.134. The lowest BCUT2D eigenvalue weighted by Crippen LogP contribution is -2.56. The molecule has 0 spiro atoms. The van der Waals surface area contributed by atoms with Gasteiger partial charge in [0.2, 0.25) is 5.91 Å². The number of amides is 1. The van der Waals surface area contributed by atoms with Crippen LogP contribution in [0.2, 0.25) is 0 Å². The number of nitrogens with one attached hydrogen (secondary N) is 1. The maximum absolute atomic E-state index is 12.3. The molecule has 1 aliphatic carbocycles. The monoisotopic (exact) mass is 253 g/mol. The molecule has 2 aliphatic rings. The summed E-state index contributed by atoms with van der Waals surface area (Å²) in [6, 6.07) is 0.206. The molecule has 4 nitrogen and oxygen atoms in total. The minimum absolute atomic E-state index is 0.206. The second kappa shape index (κ2) is 7.10. The summed E-state index contributed by atoms with van der Waals surface area (Å²) >= 11 is 0. The largest absolute Gasteiger partial charge is 0.336 e. The van der Waals surface area contributed by atoms with Crippen molar-refractivity contribution in [1.29, 1.82) is 0 Å². The van der Waals surface area contributed by atoms with Crippen molar-refractivity contribution < 1.29 is 4.79 Å². The van der Waals surface area contributed by atoms with E-state index in [1.807, 2.05) is 4.90 Å². The Balaban J connectivity index is 1.75. The van der Waals surface area contributed by atoms with Crippen molar-refractivity contribution in [3.05, 3.63) is 0 Å². The van der Waals surface area contributed by atoms with E-state index < -0.39 is 0 Å². The quantitative estimate of drug-likeness (QED) is 0.789. The number of rotatable bonds is 4. The first kappa shape index (κ1) is 13.8. The number of carbonyl (C=O) groups is 1. The van der Waals surface area contributed by atoms with Gasteiger partial charge in [-0.05, 0) is 12.3 Å². The first-order valence-electron chi connectivity index (χ1n) is 7.51. The maximum Gasteiger partial charge on any atom is 0.222 e. The van der Waals surface area contributed by atoms with Crippen molar-refractivity contribution in [3.8, 4) is 0 Å². The Morgan fingerprint density at radius 1 is 1.28 bits per heavy atom. The van der Waals surface area contributed by atoms with Crippen LogP contribution in [0.25, 0.3) is 0 Å². The average Bonchev–Trinajstić information content (AvgIpc) is 2.45. The Labute approximate surface area is 110 Å². The normalized spacial score (nSPS) is 26.3. The average molecular weight is 253 g/mol. The van der Waals surface area contributed by atoms with Crippen LogP contribution < -0.4 is 11.1 Å². The summed E-state index contributed by atoms with van der Waals surface area (Å²) in [6.45, 7) is 3.16. The minimum Gasteiger partial charge on any atom is -0.336 e. The van der Waals surface area contributed by atoms with Crippen LogP contribution in [0.1, 0.15) is 44.9 Å². The lowest BCUT2D eigenvalue weighted by atomic mass is 9.86. The number of piperazine rings is 1.